The van der Waals surface area contributed by atoms with E-state index in [9.17, 15) is 4.79 Å². The lowest BCUT2D eigenvalue weighted by molar-refractivity contribution is 0.102. The summed E-state index contributed by atoms with van der Waals surface area (Å²) in [4.78, 5) is 16.4. The molecule has 0 atom stereocenters. The first-order valence-electron chi connectivity index (χ1n) is 6.63. The third kappa shape index (κ3) is 3.68. The van der Waals surface area contributed by atoms with Crippen molar-refractivity contribution in [2.75, 3.05) is 11.9 Å². The van der Waals surface area contributed by atoms with Gasteiger partial charge in [-0.05, 0) is 37.1 Å². The molecule has 0 aliphatic heterocycles. The predicted octanol–water partition coefficient (Wildman–Crippen LogP) is 2.26. The molecule has 0 aliphatic carbocycles. The molecular formula is C17H17N3O. The Morgan fingerprint density at radius 3 is 2.90 bits per heavy atom. The van der Waals surface area contributed by atoms with Gasteiger partial charge in [0, 0.05) is 18.1 Å². The zero-order valence-electron chi connectivity index (χ0n) is 12.1. The van der Waals surface area contributed by atoms with Crippen LogP contribution in [0.2, 0.25) is 0 Å². The van der Waals surface area contributed by atoms with Gasteiger partial charge in [-0.15, -0.1) is 0 Å². The molecule has 1 aromatic carbocycles. The van der Waals surface area contributed by atoms with E-state index in [2.05, 4.69) is 22.1 Å². The highest BCUT2D eigenvalue weighted by atomic mass is 16.1. The molecule has 3 N–H and O–H groups in total. The zero-order chi connectivity index (χ0) is 15.2. The van der Waals surface area contributed by atoms with Crippen molar-refractivity contribution < 1.29 is 4.79 Å². The van der Waals surface area contributed by atoms with E-state index >= 15 is 0 Å². The molecule has 0 bridgehead atoms. The summed E-state index contributed by atoms with van der Waals surface area (Å²) in [6.45, 7) is 4.18. The second-order valence-electron chi connectivity index (χ2n) is 4.70. The van der Waals surface area contributed by atoms with Crippen molar-refractivity contribution in [1.29, 1.82) is 0 Å². The smallest absolute Gasteiger partial charge is 0.257 e. The fourth-order valence-corrected chi connectivity index (χ4v) is 1.90. The zero-order valence-corrected chi connectivity index (χ0v) is 12.1. The maximum absolute atomic E-state index is 12.4. The van der Waals surface area contributed by atoms with Crippen LogP contribution in [-0.2, 0) is 0 Å². The van der Waals surface area contributed by atoms with E-state index in [0.717, 1.165) is 16.8 Å². The highest BCUT2D eigenvalue weighted by Gasteiger charge is 2.11. The van der Waals surface area contributed by atoms with Crippen LogP contribution in [0.15, 0.2) is 36.7 Å². The number of aromatic nitrogens is 1. The minimum atomic E-state index is -0.201. The first kappa shape index (κ1) is 14.8. The highest BCUT2D eigenvalue weighted by Crippen LogP contribution is 2.18. The summed E-state index contributed by atoms with van der Waals surface area (Å²) in [5, 5.41) is 2.92. The fraction of sp³-hybridized carbons (Fsp3) is 0.176. The van der Waals surface area contributed by atoms with E-state index in [1.807, 2.05) is 32.0 Å². The molecular weight excluding hydrogens is 262 g/mol. The van der Waals surface area contributed by atoms with Crippen molar-refractivity contribution in [3.05, 3.63) is 58.9 Å². The molecule has 4 nitrogen and oxygen atoms in total. The average Bonchev–Trinajstić information content (AvgIpc) is 2.49. The van der Waals surface area contributed by atoms with Crippen LogP contribution in [-0.4, -0.2) is 17.4 Å². The molecule has 1 aromatic heterocycles. The molecule has 0 saturated carbocycles. The minimum absolute atomic E-state index is 0.201. The van der Waals surface area contributed by atoms with E-state index < -0.39 is 0 Å². The Kier molecular flexibility index (Phi) is 4.70. The Labute approximate surface area is 124 Å². The van der Waals surface area contributed by atoms with E-state index in [-0.39, 0.29) is 12.5 Å². The summed E-state index contributed by atoms with van der Waals surface area (Å²) >= 11 is 0. The van der Waals surface area contributed by atoms with Gasteiger partial charge in [0.15, 0.2) is 0 Å². The molecule has 0 aliphatic rings. The van der Waals surface area contributed by atoms with Crippen molar-refractivity contribution in [2.45, 2.75) is 13.8 Å². The molecule has 0 saturated heterocycles. The predicted molar refractivity (Wildman–Crippen MR) is 84.0 cm³/mol. The number of carbonyl (C=O) groups is 1. The Morgan fingerprint density at radius 2 is 2.14 bits per heavy atom. The van der Waals surface area contributed by atoms with Crippen LogP contribution in [0, 0.1) is 25.7 Å². The third-order valence-electron chi connectivity index (χ3n) is 3.03. The Hall–Kier alpha value is -2.64. The van der Waals surface area contributed by atoms with Crippen LogP contribution in [0.4, 0.5) is 5.69 Å². The second kappa shape index (κ2) is 6.69. The number of carbonyl (C=O) groups excluding carboxylic acids is 1. The monoisotopic (exact) mass is 279 g/mol. The maximum Gasteiger partial charge on any atom is 0.257 e. The number of nitrogens with zero attached hydrogens (tertiary/aromatic N) is 1. The summed E-state index contributed by atoms with van der Waals surface area (Å²) in [5.74, 6) is 5.41. The Morgan fingerprint density at radius 1 is 1.33 bits per heavy atom. The molecule has 1 heterocycles. The van der Waals surface area contributed by atoms with Gasteiger partial charge in [-0.3, -0.25) is 9.78 Å². The summed E-state index contributed by atoms with van der Waals surface area (Å²) in [6.07, 6.45) is 3.15. The van der Waals surface area contributed by atoms with Crippen LogP contribution in [0.25, 0.3) is 0 Å². The van der Waals surface area contributed by atoms with Gasteiger partial charge >= 0.3 is 0 Å². The van der Waals surface area contributed by atoms with Gasteiger partial charge < -0.3 is 11.1 Å². The van der Waals surface area contributed by atoms with Crippen molar-refractivity contribution in [2.24, 2.45) is 5.73 Å². The van der Waals surface area contributed by atoms with Gasteiger partial charge in [-0.25, -0.2) is 0 Å². The summed E-state index contributed by atoms with van der Waals surface area (Å²) in [5.41, 5.74) is 9.34. The highest BCUT2D eigenvalue weighted by molar-refractivity contribution is 6.06. The molecule has 2 rings (SSSR count). The fourth-order valence-electron chi connectivity index (χ4n) is 1.90. The van der Waals surface area contributed by atoms with Gasteiger partial charge in [0.1, 0.15) is 0 Å². The third-order valence-corrected chi connectivity index (χ3v) is 3.03. The van der Waals surface area contributed by atoms with Crippen LogP contribution in [0.3, 0.4) is 0 Å². The Bertz CT molecular complexity index is 726. The number of amides is 1. The Balaban J connectivity index is 2.31. The number of pyridine rings is 1. The summed E-state index contributed by atoms with van der Waals surface area (Å²) in [7, 11) is 0. The molecule has 0 fully saturated rings. The molecule has 2 aromatic rings. The maximum atomic E-state index is 12.4. The summed E-state index contributed by atoms with van der Waals surface area (Å²) < 4.78 is 0. The molecule has 0 unspecified atom stereocenters. The van der Waals surface area contributed by atoms with Crippen LogP contribution >= 0.6 is 0 Å². The summed E-state index contributed by atoms with van der Waals surface area (Å²) in [6, 6.07) is 7.59. The van der Waals surface area contributed by atoms with Gasteiger partial charge in [-0.1, -0.05) is 24.0 Å². The van der Waals surface area contributed by atoms with Crippen molar-refractivity contribution >= 4 is 11.6 Å². The lowest BCUT2D eigenvalue weighted by atomic mass is 10.1. The quantitative estimate of drug-likeness (QED) is 0.829. The van der Waals surface area contributed by atoms with Gasteiger partial charge in [0.25, 0.3) is 5.91 Å². The van der Waals surface area contributed by atoms with E-state index in [1.165, 1.54) is 0 Å². The number of hydrogen-bond donors (Lipinski definition) is 2. The normalized spacial score (nSPS) is 9.67. The van der Waals surface area contributed by atoms with Gasteiger partial charge in [0.2, 0.25) is 0 Å². The van der Waals surface area contributed by atoms with E-state index in [1.54, 1.807) is 18.5 Å². The lowest BCUT2D eigenvalue weighted by Gasteiger charge is -2.10. The lowest BCUT2D eigenvalue weighted by Crippen LogP contribution is -2.14. The van der Waals surface area contributed by atoms with Crippen LogP contribution in [0.5, 0.6) is 0 Å². The topological polar surface area (TPSA) is 68.0 Å². The van der Waals surface area contributed by atoms with Crippen molar-refractivity contribution in [3.8, 4) is 11.8 Å². The molecule has 1 amide bonds. The number of nitrogens with two attached hydrogens (primary N) is 1. The molecule has 21 heavy (non-hydrogen) atoms. The van der Waals surface area contributed by atoms with E-state index in [4.69, 9.17) is 5.73 Å². The second-order valence-corrected chi connectivity index (χ2v) is 4.70. The van der Waals surface area contributed by atoms with E-state index in [0.29, 0.717) is 11.1 Å². The largest absolute Gasteiger partial charge is 0.322 e. The number of hydrogen-bond acceptors (Lipinski definition) is 3. The molecule has 0 spiro atoms. The first-order valence-corrected chi connectivity index (χ1v) is 6.63. The van der Waals surface area contributed by atoms with Gasteiger partial charge in [0.05, 0.1) is 17.7 Å². The number of anilines is 1. The number of benzene rings is 1. The average molecular weight is 279 g/mol. The molecule has 106 valence electrons. The van der Waals surface area contributed by atoms with Crippen LogP contribution in [0.1, 0.15) is 27.0 Å². The van der Waals surface area contributed by atoms with Crippen molar-refractivity contribution in [1.82, 2.24) is 4.98 Å². The first-order chi connectivity index (χ1) is 10.1. The molecule has 0 radical (unpaired) electrons. The van der Waals surface area contributed by atoms with Crippen molar-refractivity contribution in [3.63, 3.8) is 0 Å². The standard InChI is InChI=1S/C17H17N3O/c1-12-5-6-13(2)16(10-12)20-17(21)15-7-9-19-11-14(15)4-3-8-18/h5-7,9-11H,8,18H2,1-2H3,(H,20,21). The minimum Gasteiger partial charge on any atom is -0.322 e. The van der Waals surface area contributed by atoms with Crippen LogP contribution < -0.4 is 11.1 Å². The number of nitrogens with one attached hydrogen (secondary N) is 1. The SMILES string of the molecule is Cc1ccc(C)c(NC(=O)c2ccncc2C#CCN)c1. The molecule has 4 heteroatoms. The number of rotatable bonds is 2. The number of aryl methyl sites for hydroxylation is 2. The van der Waals surface area contributed by atoms with Gasteiger partial charge in [-0.2, -0.15) is 0 Å².